The highest BCUT2D eigenvalue weighted by molar-refractivity contribution is 9.10. The number of anilines is 2. The van der Waals surface area contributed by atoms with Crippen molar-refractivity contribution >= 4 is 44.5 Å². The molecule has 0 aliphatic rings. The van der Waals surface area contributed by atoms with Crippen molar-refractivity contribution in [2.45, 2.75) is 6.92 Å². The molecule has 0 aromatic heterocycles. The van der Waals surface area contributed by atoms with Gasteiger partial charge in [-0.2, -0.15) is 0 Å². The maximum Gasteiger partial charge on any atom is 0.211 e. The molecule has 0 bridgehead atoms. The molecule has 4 heteroatoms. The summed E-state index contributed by atoms with van der Waals surface area (Å²) < 4.78 is 0.872. The first-order chi connectivity index (χ1) is 7.66. The van der Waals surface area contributed by atoms with Crippen LogP contribution in [0, 0.1) is 6.92 Å². The standard InChI is InChI=1S/C12H11BrN2O/c1-7-11(14)10(13)8-4-2-3-5-9(8)12(7)15-6-16/h2-6H,14H2,1H3,(H,15,16). The van der Waals surface area contributed by atoms with Crippen molar-refractivity contribution in [1.82, 2.24) is 0 Å². The third-order valence-corrected chi connectivity index (χ3v) is 3.51. The highest BCUT2D eigenvalue weighted by atomic mass is 79.9. The molecule has 3 nitrogen and oxygen atoms in total. The van der Waals surface area contributed by atoms with Crippen molar-refractivity contribution in [3.8, 4) is 0 Å². The highest BCUT2D eigenvalue weighted by Gasteiger charge is 2.12. The van der Waals surface area contributed by atoms with E-state index in [0.29, 0.717) is 12.1 Å². The molecule has 0 saturated heterocycles. The molecular formula is C12H11BrN2O. The Labute approximate surface area is 102 Å². The largest absolute Gasteiger partial charge is 0.398 e. The van der Waals surface area contributed by atoms with E-state index in [1.165, 1.54) is 0 Å². The Bertz CT molecular complexity index is 566. The van der Waals surface area contributed by atoms with Gasteiger partial charge in [0.15, 0.2) is 0 Å². The zero-order valence-electron chi connectivity index (χ0n) is 8.75. The molecule has 16 heavy (non-hydrogen) atoms. The monoisotopic (exact) mass is 278 g/mol. The molecule has 0 unspecified atom stereocenters. The van der Waals surface area contributed by atoms with Gasteiger partial charge in [-0.05, 0) is 28.4 Å². The summed E-state index contributed by atoms with van der Waals surface area (Å²) in [6, 6.07) is 7.79. The van der Waals surface area contributed by atoms with Gasteiger partial charge in [0.2, 0.25) is 6.41 Å². The highest BCUT2D eigenvalue weighted by Crippen LogP contribution is 2.38. The van der Waals surface area contributed by atoms with E-state index in [0.717, 1.165) is 26.5 Å². The third kappa shape index (κ3) is 1.55. The van der Waals surface area contributed by atoms with Crippen LogP contribution in [0.3, 0.4) is 0 Å². The van der Waals surface area contributed by atoms with Gasteiger partial charge >= 0.3 is 0 Å². The van der Waals surface area contributed by atoms with Crippen LogP contribution in [0.25, 0.3) is 10.8 Å². The lowest BCUT2D eigenvalue weighted by molar-refractivity contribution is -0.105. The van der Waals surface area contributed by atoms with Crippen molar-refractivity contribution in [3.63, 3.8) is 0 Å². The Hall–Kier alpha value is -1.55. The average Bonchev–Trinajstić information content (AvgIpc) is 2.32. The quantitative estimate of drug-likeness (QED) is 0.655. The zero-order valence-corrected chi connectivity index (χ0v) is 10.3. The van der Waals surface area contributed by atoms with E-state index in [-0.39, 0.29) is 0 Å². The lowest BCUT2D eigenvalue weighted by Gasteiger charge is -2.14. The fourth-order valence-corrected chi connectivity index (χ4v) is 2.43. The number of nitrogens with one attached hydrogen (secondary N) is 1. The summed E-state index contributed by atoms with van der Waals surface area (Å²) in [6.45, 7) is 1.89. The van der Waals surface area contributed by atoms with Gasteiger partial charge in [0.05, 0.1) is 11.4 Å². The van der Waals surface area contributed by atoms with Gasteiger partial charge in [-0.1, -0.05) is 24.3 Å². The minimum Gasteiger partial charge on any atom is -0.398 e. The van der Waals surface area contributed by atoms with Gasteiger partial charge in [0, 0.05) is 15.2 Å². The second-order valence-electron chi connectivity index (χ2n) is 3.54. The normalized spacial score (nSPS) is 10.4. The van der Waals surface area contributed by atoms with Crippen molar-refractivity contribution in [2.75, 3.05) is 11.1 Å². The van der Waals surface area contributed by atoms with Crippen molar-refractivity contribution in [1.29, 1.82) is 0 Å². The average molecular weight is 279 g/mol. The van der Waals surface area contributed by atoms with Gasteiger partial charge in [0.1, 0.15) is 0 Å². The first-order valence-corrected chi connectivity index (χ1v) is 5.62. The molecule has 2 aromatic rings. The van der Waals surface area contributed by atoms with Gasteiger partial charge in [-0.3, -0.25) is 4.79 Å². The van der Waals surface area contributed by atoms with Gasteiger partial charge in [-0.15, -0.1) is 0 Å². The molecular weight excluding hydrogens is 268 g/mol. The summed E-state index contributed by atoms with van der Waals surface area (Å²) in [5.74, 6) is 0. The van der Waals surface area contributed by atoms with E-state index in [9.17, 15) is 4.79 Å². The van der Waals surface area contributed by atoms with E-state index in [1.54, 1.807) is 0 Å². The second-order valence-corrected chi connectivity index (χ2v) is 4.33. The van der Waals surface area contributed by atoms with E-state index in [4.69, 9.17) is 5.73 Å². The molecule has 2 aromatic carbocycles. The lowest BCUT2D eigenvalue weighted by atomic mass is 10.0. The molecule has 0 saturated carbocycles. The van der Waals surface area contributed by atoms with Crippen LogP contribution in [0.2, 0.25) is 0 Å². The van der Waals surface area contributed by atoms with Crippen LogP contribution < -0.4 is 11.1 Å². The maximum atomic E-state index is 10.6. The Kier molecular flexibility index (Phi) is 2.83. The Morgan fingerprint density at radius 1 is 1.31 bits per heavy atom. The summed E-state index contributed by atoms with van der Waals surface area (Å²) in [4.78, 5) is 10.6. The molecule has 0 fully saturated rings. The van der Waals surface area contributed by atoms with Crippen molar-refractivity contribution in [3.05, 3.63) is 34.3 Å². The van der Waals surface area contributed by atoms with Crippen LogP contribution in [0.1, 0.15) is 5.56 Å². The lowest BCUT2D eigenvalue weighted by Crippen LogP contribution is -2.02. The summed E-state index contributed by atoms with van der Waals surface area (Å²) in [7, 11) is 0. The molecule has 0 aliphatic heterocycles. The number of fused-ring (bicyclic) bond motifs is 1. The van der Waals surface area contributed by atoms with Crippen molar-refractivity contribution in [2.24, 2.45) is 0 Å². The molecule has 0 heterocycles. The Balaban J connectivity index is 2.91. The molecule has 1 amide bonds. The smallest absolute Gasteiger partial charge is 0.211 e. The number of halogens is 1. The van der Waals surface area contributed by atoms with Crippen LogP contribution in [-0.2, 0) is 4.79 Å². The SMILES string of the molecule is Cc1c(N)c(Br)c2ccccc2c1NC=O. The van der Waals surface area contributed by atoms with E-state index in [1.807, 2.05) is 31.2 Å². The number of carbonyl (C=O) groups excluding carboxylic acids is 1. The first kappa shape index (κ1) is 11.0. The minimum atomic E-state index is 0.656. The molecule has 0 atom stereocenters. The van der Waals surface area contributed by atoms with Gasteiger partial charge < -0.3 is 11.1 Å². The number of carbonyl (C=O) groups is 1. The number of nitrogens with two attached hydrogens (primary N) is 1. The minimum absolute atomic E-state index is 0.656. The van der Waals surface area contributed by atoms with E-state index >= 15 is 0 Å². The molecule has 3 N–H and O–H groups in total. The van der Waals surface area contributed by atoms with E-state index in [2.05, 4.69) is 21.2 Å². The van der Waals surface area contributed by atoms with Crippen molar-refractivity contribution < 1.29 is 4.79 Å². The molecule has 82 valence electrons. The topological polar surface area (TPSA) is 55.1 Å². The maximum absolute atomic E-state index is 10.6. The van der Waals surface area contributed by atoms with Gasteiger partial charge in [0.25, 0.3) is 0 Å². The fourth-order valence-electron chi connectivity index (χ4n) is 1.78. The second kappa shape index (κ2) is 4.14. The van der Waals surface area contributed by atoms with Crippen LogP contribution >= 0.6 is 15.9 Å². The van der Waals surface area contributed by atoms with Crippen LogP contribution in [0.5, 0.6) is 0 Å². The number of hydrogen-bond acceptors (Lipinski definition) is 2. The Morgan fingerprint density at radius 2 is 1.94 bits per heavy atom. The Morgan fingerprint density at radius 3 is 2.56 bits per heavy atom. The number of nitrogen functional groups attached to an aromatic ring is 1. The van der Waals surface area contributed by atoms with Gasteiger partial charge in [-0.25, -0.2) is 0 Å². The zero-order chi connectivity index (χ0) is 11.7. The first-order valence-electron chi connectivity index (χ1n) is 4.83. The predicted octanol–water partition coefficient (Wildman–Crippen LogP) is 3.06. The van der Waals surface area contributed by atoms with Crippen LogP contribution in [0.15, 0.2) is 28.7 Å². The van der Waals surface area contributed by atoms with Crippen LogP contribution in [0.4, 0.5) is 11.4 Å². The third-order valence-electron chi connectivity index (χ3n) is 2.65. The summed E-state index contributed by atoms with van der Waals surface area (Å²) in [5, 5.41) is 4.68. The number of amides is 1. The fraction of sp³-hybridized carbons (Fsp3) is 0.0833. The summed E-state index contributed by atoms with van der Waals surface area (Å²) in [6.07, 6.45) is 0.669. The molecule has 0 aliphatic carbocycles. The summed E-state index contributed by atoms with van der Waals surface area (Å²) >= 11 is 3.48. The predicted molar refractivity (Wildman–Crippen MR) is 70.5 cm³/mol. The van der Waals surface area contributed by atoms with Crippen LogP contribution in [-0.4, -0.2) is 6.41 Å². The summed E-state index contributed by atoms with van der Waals surface area (Å²) in [5.41, 5.74) is 8.27. The number of hydrogen-bond donors (Lipinski definition) is 2. The molecule has 2 rings (SSSR count). The molecule has 0 radical (unpaired) electrons. The number of benzene rings is 2. The van der Waals surface area contributed by atoms with E-state index < -0.39 is 0 Å². The molecule has 0 spiro atoms. The number of rotatable bonds is 2.